The molecule has 2 rings (SSSR count). The third kappa shape index (κ3) is 5.51. The Labute approximate surface area is 122 Å². The summed E-state index contributed by atoms with van der Waals surface area (Å²) in [6, 6.07) is 8.83. The SMILES string of the molecule is OCCOc1ccc(CNC2CCCCCCC2)cc1. The van der Waals surface area contributed by atoms with Gasteiger partial charge in [0.25, 0.3) is 0 Å². The number of nitrogens with one attached hydrogen (secondary N) is 1. The van der Waals surface area contributed by atoms with E-state index in [9.17, 15) is 0 Å². The van der Waals surface area contributed by atoms with Crippen molar-refractivity contribution in [3.8, 4) is 5.75 Å². The van der Waals surface area contributed by atoms with Crippen LogP contribution in [0.25, 0.3) is 0 Å². The van der Waals surface area contributed by atoms with Crippen LogP contribution in [0, 0.1) is 0 Å². The molecule has 0 spiro atoms. The van der Waals surface area contributed by atoms with Crippen LogP contribution in [0.3, 0.4) is 0 Å². The van der Waals surface area contributed by atoms with Crippen LogP contribution in [-0.4, -0.2) is 24.4 Å². The lowest BCUT2D eigenvalue weighted by Gasteiger charge is -2.21. The zero-order valence-electron chi connectivity index (χ0n) is 12.3. The van der Waals surface area contributed by atoms with Gasteiger partial charge in [0.15, 0.2) is 0 Å². The van der Waals surface area contributed by atoms with Gasteiger partial charge in [-0.15, -0.1) is 0 Å². The fourth-order valence-corrected chi connectivity index (χ4v) is 2.79. The van der Waals surface area contributed by atoms with E-state index in [-0.39, 0.29) is 6.61 Å². The predicted molar refractivity (Wildman–Crippen MR) is 82.0 cm³/mol. The minimum Gasteiger partial charge on any atom is -0.491 e. The van der Waals surface area contributed by atoms with E-state index in [1.54, 1.807) is 0 Å². The van der Waals surface area contributed by atoms with Gasteiger partial charge in [-0.1, -0.05) is 44.2 Å². The Kier molecular flexibility index (Phi) is 6.89. The monoisotopic (exact) mass is 277 g/mol. The zero-order valence-corrected chi connectivity index (χ0v) is 12.3. The number of hydrogen-bond donors (Lipinski definition) is 2. The molecule has 0 radical (unpaired) electrons. The van der Waals surface area contributed by atoms with E-state index >= 15 is 0 Å². The van der Waals surface area contributed by atoms with Gasteiger partial charge in [0.2, 0.25) is 0 Å². The average molecular weight is 277 g/mol. The maximum atomic E-state index is 8.72. The molecule has 20 heavy (non-hydrogen) atoms. The topological polar surface area (TPSA) is 41.5 Å². The summed E-state index contributed by atoms with van der Waals surface area (Å²) in [7, 11) is 0. The molecule has 1 saturated carbocycles. The summed E-state index contributed by atoms with van der Waals surface area (Å²) in [5.41, 5.74) is 1.29. The molecule has 0 unspecified atom stereocenters. The summed E-state index contributed by atoms with van der Waals surface area (Å²) >= 11 is 0. The summed E-state index contributed by atoms with van der Waals surface area (Å²) in [4.78, 5) is 0. The molecule has 1 aliphatic rings. The Morgan fingerprint density at radius 3 is 2.30 bits per heavy atom. The second-order valence-corrected chi connectivity index (χ2v) is 5.64. The van der Waals surface area contributed by atoms with Gasteiger partial charge in [0, 0.05) is 12.6 Å². The molecule has 0 heterocycles. The zero-order chi connectivity index (χ0) is 14.0. The van der Waals surface area contributed by atoms with Crippen LogP contribution in [0.15, 0.2) is 24.3 Å². The largest absolute Gasteiger partial charge is 0.491 e. The van der Waals surface area contributed by atoms with E-state index in [4.69, 9.17) is 9.84 Å². The van der Waals surface area contributed by atoms with E-state index in [2.05, 4.69) is 17.4 Å². The molecule has 1 aromatic carbocycles. The maximum absolute atomic E-state index is 8.72. The van der Waals surface area contributed by atoms with Crippen molar-refractivity contribution < 1.29 is 9.84 Å². The summed E-state index contributed by atoms with van der Waals surface area (Å²) in [5.74, 6) is 0.828. The van der Waals surface area contributed by atoms with Crippen LogP contribution in [0.5, 0.6) is 5.75 Å². The molecular weight excluding hydrogens is 250 g/mol. The Balaban J connectivity index is 1.74. The van der Waals surface area contributed by atoms with E-state index in [1.165, 1.54) is 50.5 Å². The first-order valence-electron chi connectivity index (χ1n) is 7.94. The van der Waals surface area contributed by atoms with Crippen LogP contribution < -0.4 is 10.1 Å². The highest BCUT2D eigenvalue weighted by Gasteiger charge is 2.10. The summed E-state index contributed by atoms with van der Waals surface area (Å²) in [6.07, 6.45) is 9.58. The highest BCUT2D eigenvalue weighted by Crippen LogP contribution is 2.18. The molecule has 112 valence electrons. The van der Waals surface area contributed by atoms with Gasteiger partial charge in [-0.25, -0.2) is 0 Å². The van der Waals surface area contributed by atoms with Gasteiger partial charge in [-0.2, -0.15) is 0 Å². The van der Waals surface area contributed by atoms with Crippen LogP contribution in [0.2, 0.25) is 0 Å². The first-order chi connectivity index (χ1) is 9.88. The van der Waals surface area contributed by atoms with E-state index in [1.807, 2.05) is 12.1 Å². The predicted octanol–water partition coefficient (Wildman–Crippen LogP) is 3.26. The van der Waals surface area contributed by atoms with Crippen LogP contribution in [-0.2, 0) is 6.54 Å². The van der Waals surface area contributed by atoms with Crippen LogP contribution >= 0.6 is 0 Å². The lowest BCUT2D eigenvalue weighted by atomic mass is 9.96. The van der Waals surface area contributed by atoms with Crippen molar-refractivity contribution in [1.29, 1.82) is 0 Å². The number of hydrogen-bond acceptors (Lipinski definition) is 3. The Morgan fingerprint density at radius 1 is 1.00 bits per heavy atom. The highest BCUT2D eigenvalue weighted by molar-refractivity contribution is 5.27. The first-order valence-corrected chi connectivity index (χ1v) is 7.94. The quantitative estimate of drug-likeness (QED) is 0.838. The third-order valence-electron chi connectivity index (χ3n) is 3.98. The number of benzene rings is 1. The first kappa shape index (κ1) is 15.3. The molecule has 0 amide bonds. The van der Waals surface area contributed by atoms with Gasteiger partial charge in [0.05, 0.1) is 6.61 Å². The molecule has 1 fully saturated rings. The summed E-state index contributed by atoms with van der Waals surface area (Å²) in [6.45, 7) is 1.36. The molecule has 3 nitrogen and oxygen atoms in total. The minimum atomic E-state index is 0.0605. The molecule has 2 N–H and O–H groups in total. The van der Waals surface area contributed by atoms with Crippen LogP contribution in [0.1, 0.15) is 50.5 Å². The van der Waals surface area contributed by atoms with Crippen molar-refractivity contribution in [1.82, 2.24) is 5.32 Å². The Morgan fingerprint density at radius 2 is 1.65 bits per heavy atom. The lowest BCUT2D eigenvalue weighted by molar-refractivity contribution is 0.201. The van der Waals surface area contributed by atoms with E-state index < -0.39 is 0 Å². The molecule has 3 heteroatoms. The number of aliphatic hydroxyl groups excluding tert-OH is 1. The summed E-state index contributed by atoms with van der Waals surface area (Å²) < 4.78 is 5.36. The fourth-order valence-electron chi connectivity index (χ4n) is 2.79. The van der Waals surface area contributed by atoms with Gasteiger partial charge < -0.3 is 15.2 Å². The summed E-state index contributed by atoms with van der Waals surface area (Å²) in [5, 5.41) is 12.4. The third-order valence-corrected chi connectivity index (χ3v) is 3.98. The lowest BCUT2D eigenvalue weighted by Crippen LogP contribution is -2.29. The average Bonchev–Trinajstić information content (AvgIpc) is 2.45. The van der Waals surface area contributed by atoms with E-state index in [0.29, 0.717) is 12.6 Å². The standard InChI is InChI=1S/C17H27NO2/c19-12-13-20-17-10-8-15(9-11-17)14-18-16-6-4-2-1-3-5-7-16/h8-11,16,18-19H,1-7,12-14H2. The second-order valence-electron chi connectivity index (χ2n) is 5.64. The molecular formula is C17H27NO2. The molecule has 0 aromatic heterocycles. The van der Waals surface area contributed by atoms with Crippen LogP contribution in [0.4, 0.5) is 0 Å². The van der Waals surface area contributed by atoms with Gasteiger partial charge in [-0.3, -0.25) is 0 Å². The maximum Gasteiger partial charge on any atom is 0.119 e. The van der Waals surface area contributed by atoms with Crippen molar-refractivity contribution in [2.45, 2.75) is 57.5 Å². The second kappa shape index (κ2) is 8.98. The molecule has 0 atom stereocenters. The Bertz CT molecular complexity index is 356. The number of ether oxygens (including phenoxy) is 1. The van der Waals surface area contributed by atoms with Crippen molar-refractivity contribution in [2.75, 3.05) is 13.2 Å². The van der Waals surface area contributed by atoms with Crippen molar-refractivity contribution >= 4 is 0 Å². The normalized spacial score (nSPS) is 17.4. The molecule has 0 aliphatic heterocycles. The minimum absolute atomic E-state index is 0.0605. The number of aliphatic hydroxyl groups is 1. The van der Waals surface area contributed by atoms with Gasteiger partial charge in [-0.05, 0) is 30.5 Å². The Hall–Kier alpha value is -1.06. The smallest absolute Gasteiger partial charge is 0.119 e. The van der Waals surface area contributed by atoms with Gasteiger partial charge in [0.1, 0.15) is 12.4 Å². The van der Waals surface area contributed by atoms with Gasteiger partial charge >= 0.3 is 0 Å². The molecule has 1 aliphatic carbocycles. The van der Waals surface area contributed by atoms with E-state index in [0.717, 1.165) is 12.3 Å². The van der Waals surface area contributed by atoms with Crippen molar-refractivity contribution in [2.24, 2.45) is 0 Å². The number of rotatable bonds is 6. The fraction of sp³-hybridized carbons (Fsp3) is 0.647. The van der Waals surface area contributed by atoms with Crippen molar-refractivity contribution in [3.63, 3.8) is 0 Å². The highest BCUT2D eigenvalue weighted by atomic mass is 16.5. The molecule has 0 bridgehead atoms. The molecule has 0 saturated heterocycles. The van der Waals surface area contributed by atoms with Crippen molar-refractivity contribution in [3.05, 3.63) is 29.8 Å². The molecule has 1 aromatic rings.